The van der Waals surface area contributed by atoms with Crippen LogP contribution in [0.4, 0.5) is 22.7 Å². The van der Waals surface area contributed by atoms with Crippen molar-refractivity contribution in [2.45, 2.75) is 106 Å². The highest BCUT2D eigenvalue weighted by atomic mass is 16.5. The van der Waals surface area contributed by atoms with E-state index in [4.69, 9.17) is 49.6 Å². The van der Waals surface area contributed by atoms with E-state index in [1.807, 2.05) is 295 Å². The summed E-state index contributed by atoms with van der Waals surface area (Å²) in [4.78, 5) is 120. The quantitative estimate of drug-likeness (QED) is 0.0465. The SMILES string of the molecule is COc1ccc(-c2cccc(-c3cccc(-c4ccc(NC(=O)c5ccc(-c6cc7cc(c6)N=Nc6cc(cc(-c8ccc(C(=O)Nc9ccc(-c%10cccc(-c%11cccc(-c%12ccc(OC)cc%12)n%11)n%10)cc9)cc8)c6)Cn6c8nc(c6C)C(=O)NC(C(C)C)C(=O)NC(C(C)C)c6nc(c(C)n6C7)C(=O)NC(C(C)C)C(=O)NC8C(C)C)cc5)cc4)n3)n2)cc1. The van der Waals surface area contributed by atoms with Crippen molar-refractivity contribution in [3.8, 4) is 102 Å². The number of hydrogen-bond acceptors (Lipinski definition) is 16. The molecule has 8 aromatic carbocycles. The van der Waals surface area contributed by atoms with Gasteiger partial charge in [-0.3, -0.25) is 28.8 Å². The van der Waals surface area contributed by atoms with Crippen LogP contribution in [0.15, 0.2) is 265 Å². The Morgan fingerprint density at radius 1 is 0.341 bits per heavy atom. The average molecular weight is 1670 g/mol. The number of hydrogen-bond donors (Lipinski definition) is 6. The standard InChI is InChI=1S/C102H96N16O8/c1-57(2)89-95-109-93-61(9)117(95)55-63-49-73(65-25-29-71(30-26-65)97(119)103-75-41-33-67(34-42-75)81-17-13-21-85(105-81)87-23-15-19-83(107-87)69-37-45-79(125-11)46-38-69)53-77(51-63)115-116-78-52-64(56-118-62(10)94(102(124)113-91(59(5)6)99(121)111-89)110-96(118)90(58(3)4)112-100(122)92(60(7)8)114-101(93)123)50-74(54-78)66-27-31-72(32-28-66)98(120)104-76-43-35-68(36-44-76)82-18-14-22-86(106-82)88-24-16-20-84(108-88)70-39-47-80(126-12)48-40-70/h13-54,57-60,89-92H,55-56H2,1-12H3,(H,103,119)(H,104,120)(H,111,121)(H,112,122)(H,113,124)(H,114,123). The largest absolute Gasteiger partial charge is 0.497 e. The molecule has 24 nitrogen and oxygen atoms in total. The molecular formula is C102H96N16O8. The first-order valence-electron chi connectivity index (χ1n) is 42.1. The molecular weight excluding hydrogens is 1580 g/mol. The van der Waals surface area contributed by atoms with Gasteiger partial charge in [-0.15, -0.1) is 0 Å². The van der Waals surface area contributed by atoms with Crippen molar-refractivity contribution in [3.05, 3.63) is 311 Å². The molecule has 0 radical (unpaired) electrons. The predicted octanol–water partition coefficient (Wildman–Crippen LogP) is 19.8. The maximum absolute atomic E-state index is 15.2. The Bertz CT molecular complexity index is 6110. The first-order valence-corrected chi connectivity index (χ1v) is 42.1. The van der Waals surface area contributed by atoms with Crippen LogP contribution in [0.2, 0.25) is 0 Å². The minimum Gasteiger partial charge on any atom is -0.497 e. The molecule has 3 aliphatic heterocycles. The summed E-state index contributed by atoms with van der Waals surface area (Å²) in [5, 5.41) is 28.9. The fraction of sp³-hybridized carbons (Fsp3) is 0.216. The van der Waals surface area contributed by atoms with Gasteiger partial charge in [0.25, 0.3) is 23.6 Å². The van der Waals surface area contributed by atoms with Crippen LogP contribution in [0.5, 0.6) is 11.5 Å². The molecule has 14 aromatic rings. The van der Waals surface area contributed by atoms with E-state index < -0.39 is 59.6 Å². The third kappa shape index (κ3) is 18.4. The summed E-state index contributed by atoms with van der Waals surface area (Å²) >= 11 is 0. The van der Waals surface area contributed by atoms with E-state index in [1.165, 1.54) is 0 Å². The maximum Gasteiger partial charge on any atom is 0.272 e. The van der Waals surface area contributed by atoms with Gasteiger partial charge in [0.1, 0.15) is 46.6 Å². The molecule has 4 atom stereocenters. The number of fused-ring (bicyclic) bond motifs is 10. The molecule has 6 amide bonds. The number of imidazole rings is 2. The first-order chi connectivity index (χ1) is 60.8. The van der Waals surface area contributed by atoms with Gasteiger partial charge in [0.15, 0.2) is 0 Å². The highest BCUT2D eigenvalue weighted by Crippen LogP contribution is 2.38. The number of methoxy groups -OCH3 is 2. The normalized spacial score (nSPS) is 15.4. The Balaban J connectivity index is 0.740. The van der Waals surface area contributed by atoms with Crippen molar-refractivity contribution in [2.24, 2.45) is 33.9 Å². The molecule has 0 spiro atoms. The summed E-state index contributed by atoms with van der Waals surface area (Å²) in [7, 11) is 3.28. The zero-order valence-corrected chi connectivity index (χ0v) is 72.0. The second-order valence-corrected chi connectivity index (χ2v) is 33.1. The zero-order valence-electron chi connectivity index (χ0n) is 72.0. The lowest BCUT2D eigenvalue weighted by Gasteiger charge is -2.28. The molecule has 10 bridgehead atoms. The summed E-state index contributed by atoms with van der Waals surface area (Å²) in [6, 6.07) is 76.2. The Labute approximate surface area is 730 Å². The molecule has 9 heterocycles. The third-order valence-corrected chi connectivity index (χ3v) is 22.9. The van der Waals surface area contributed by atoms with Crippen molar-refractivity contribution in [2.75, 3.05) is 24.9 Å². The maximum atomic E-state index is 15.2. The van der Waals surface area contributed by atoms with Crippen LogP contribution in [0.1, 0.15) is 143 Å². The van der Waals surface area contributed by atoms with Crippen LogP contribution >= 0.6 is 0 Å². The number of pyridine rings is 4. The van der Waals surface area contributed by atoms with Gasteiger partial charge in [-0.05, 0) is 253 Å². The molecule has 126 heavy (non-hydrogen) atoms. The predicted molar refractivity (Wildman–Crippen MR) is 489 cm³/mol. The Morgan fingerprint density at radius 3 is 0.937 bits per heavy atom. The topological polar surface area (TPSA) is 305 Å². The van der Waals surface area contributed by atoms with E-state index in [-0.39, 0.29) is 48.1 Å². The van der Waals surface area contributed by atoms with Gasteiger partial charge in [-0.25, -0.2) is 29.9 Å². The number of nitrogens with one attached hydrogen (secondary N) is 6. The molecule has 0 saturated carbocycles. The van der Waals surface area contributed by atoms with Gasteiger partial charge >= 0.3 is 0 Å². The summed E-state index contributed by atoms with van der Waals surface area (Å²) < 4.78 is 14.5. The number of rotatable bonds is 18. The van der Waals surface area contributed by atoms with Gasteiger partial charge in [-0.1, -0.05) is 128 Å². The Kier molecular flexibility index (Phi) is 24.4. The second-order valence-electron chi connectivity index (χ2n) is 33.1. The van der Waals surface area contributed by atoms with E-state index >= 15 is 19.2 Å². The van der Waals surface area contributed by atoms with E-state index in [0.717, 1.165) is 79.0 Å². The van der Waals surface area contributed by atoms with Crippen molar-refractivity contribution in [3.63, 3.8) is 0 Å². The minimum atomic E-state index is -1.09. The number of carbonyl (C=O) groups excluding carboxylic acids is 6. The van der Waals surface area contributed by atoms with Crippen molar-refractivity contribution >= 4 is 58.2 Å². The van der Waals surface area contributed by atoms with E-state index in [9.17, 15) is 9.59 Å². The van der Waals surface area contributed by atoms with Gasteiger partial charge in [-0.2, -0.15) is 10.2 Å². The number of azo groups is 1. The summed E-state index contributed by atoms with van der Waals surface area (Å²) in [6.45, 7) is 18.9. The molecule has 6 N–H and O–H groups in total. The van der Waals surface area contributed by atoms with Crippen LogP contribution in [0.25, 0.3) is 90.1 Å². The smallest absolute Gasteiger partial charge is 0.272 e. The summed E-state index contributed by atoms with van der Waals surface area (Å²) in [5.41, 5.74) is 17.6. The average Bonchev–Trinajstić information content (AvgIpc) is 1.62. The van der Waals surface area contributed by atoms with Crippen LogP contribution < -0.4 is 41.4 Å². The van der Waals surface area contributed by atoms with Crippen LogP contribution in [0.3, 0.4) is 0 Å². The molecule has 24 heteroatoms. The number of anilines is 2. The van der Waals surface area contributed by atoms with Crippen molar-refractivity contribution in [1.29, 1.82) is 0 Å². The lowest BCUT2D eigenvalue weighted by molar-refractivity contribution is -0.125. The molecule has 0 aliphatic carbocycles. The van der Waals surface area contributed by atoms with E-state index in [1.54, 1.807) is 52.3 Å². The first kappa shape index (κ1) is 84.4. The second kappa shape index (κ2) is 36.5. The monoisotopic (exact) mass is 1670 g/mol. The lowest BCUT2D eigenvalue weighted by Crippen LogP contribution is -2.52. The zero-order chi connectivity index (χ0) is 88.1. The van der Waals surface area contributed by atoms with Gasteiger partial charge in [0, 0.05) is 69.2 Å². The molecule has 4 unspecified atom stereocenters. The van der Waals surface area contributed by atoms with Crippen LogP contribution in [-0.2, 0) is 22.7 Å². The van der Waals surface area contributed by atoms with E-state index in [0.29, 0.717) is 90.6 Å². The number of benzene rings is 8. The number of carbonyl (C=O) groups is 6. The Hall–Kier alpha value is -15.2. The van der Waals surface area contributed by atoms with Crippen LogP contribution in [0, 0.1) is 37.5 Å². The number of ether oxygens (including phenoxy) is 2. The molecule has 3 aliphatic rings. The Morgan fingerprint density at radius 2 is 0.635 bits per heavy atom. The highest BCUT2D eigenvalue weighted by molar-refractivity contribution is 6.06. The van der Waals surface area contributed by atoms with Crippen LogP contribution in [-0.4, -0.2) is 101 Å². The minimum absolute atomic E-state index is 0.0414. The fourth-order valence-corrected chi connectivity index (χ4v) is 15.9. The van der Waals surface area contributed by atoms with Crippen molar-refractivity contribution in [1.82, 2.24) is 60.3 Å². The number of aromatic nitrogens is 8. The van der Waals surface area contributed by atoms with E-state index in [2.05, 4.69) is 31.9 Å². The fourth-order valence-electron chi connectivity index (χ4n) is 15.9. The molecule has 0 fully saturated rings. The molecule has 632 valence electrons. The summed E-state index contributed by atoms with van der Waals surface area (Å²) in [5.74, 6) is -2.15. The third-order valence-electron chi connectivity index (χ3n) is 22.9. The van der Waals surface area contributed by atoms with Gasteiger partial charge in [0.2, 0.25) is 11.8 Å². The van der Waals surface area contributed by atoms with Gasteiger partial charge < -0.3 is 50.5 Å². The number of nitrogens with zero attached hydrogens (tertiary/aromatic N) is 10. The van der Waals surface area contributed by atoms with Gasteiger partial charge in [0.05, 0.1) is 83.2 Å². The summed E-state index contributed by atoms with van der Waals surface area (Å²) in [6.07, 6.45) is 0. The molecule has 17 rings (SSSR count). The highest BCUT2D eigenvalue weighted by Gasteiger charge is 2.38. The number of amides is 6. The lowest BCUT2D eigenvalue weighted by atomic mass is 9.99. The molecule has 0 saturated heterocycles. The van der Waals surface area contributed by atoms with Crippen molar-refractivity contribution < 1.29 is 38.2 Å². The molecule has 6 aromatic heterocycles.